The van der Waals surface area contributed by atoms with E-state index in [4.69, 9.17) is 16.3 Å². The van der Waals surface area contributed by atoms with Crippen LogP contribution in [0.5, 0.6) is 5.75 Å². The van der Waals surface area contributed by atoms with Gasteiger partial charge in [-0.15, -0.1) is 0 Å². The SMILES string of the molecule is Cc1cc(OCC(=O)N(Cc2ccccc2F)[C@H](C)C(=O)NC(C)C)cc(C)c1Cl. The van der Waals surface area contributed by atoms with Crippen LogP contribution in [0.3, 0.4) is 0 Å². The van der Waals surface area contributed by atoms with Crippen LogP contribution in [-0.2, 0) is 16.1 Å². The first-order valence-corrected chi connectivity index (χ1v) is 10.2. The van der Waals surface area contributed by atoms with Gasteiger partial charge in [0.05, 0.1) is 0 Å². The molecule has 0 radical (unpaired) electrons. The number of amides is 2. The summed E-state index contributed by atoms with van der Waals surface area (Å²) < 4.78 is 19.9. The summed E-state index contributed by atoms with van der Waals surface area (Å²) >= 11 is 6.18. The Morgan fingerprint density at radius 3 is 2.30 bits per heavy atom. The second kappa shape index (κ2) is 10.4. The van der Waals surface area contributed by atoms with Crippen LogP contribution >= 0.6 is 11.6 Å². The van der Waals surface area contributed by atoms with E-state index in [0.717, 1.165) is 11.1 Å². The Hall–Kier alpha value is -2.60. The minimum atomic E-state index is -0.795. The Labute approximate surface area is 182 Å². The Morgan fingerprint density at radius 2 is 1.73 bits per heavy atom. The van der Waals surface area contributed by atoms with Gasteiger partial charge < -0.3 is 15.0 Å². The first-order chi connectivity index (χ1) is 14.1. The summed E-state index contributed by atoms with van der Waals surface area (Å²) in [6, 6.07) is 8.81. The number of hydrogen-bond acceptors (Lipinski definition) is 3. The number of rotatable bonds is 8. The zero-order valence-electron chi connectivity index (χ0n) is 18.0. The third-order valence-electron chi connectivity index (χ3n) is 4.67. The highest BCUT2D eigenvalue weighted by atomic mass is 35.5. The van der Waals surface area contributed by atoms with Crippen molar-refractivity contribution >= 4 is 23.4 Å². The van der Waals surface area contributed by atoms with Crippen LogP contribution in [0, 0.1) is 19.7 Å². The van der Waals surface area contributed by atoms with Crippen molar-refractivity contribution in [1.29, 1.82) is 0 Å². The van der Waals surface area contributed by atoms with E-state index in [1.165, 1.54) is 11.0 Å². The zero-order chi connectivity index (χ0) is 22.4. The number of hydrogen-bond donors (Lipinski definition) is 1. The Bertz CT molecular complexity index is 894. The van der Waals surface area contributed by atoms with Gasteiger partial charge in [-0.2, -0.15) is 0 Å². The molecule has 0 aromatic heterocycles. The highest BCUT2D eigenvalue weighted by Crippen LogP contribution is 2.26. The molecule has 1 N–H and O–H groups in total. The second-order valence-electron chi connectivity index (χ2n) is 7.61. The molecule has 2 amide bonds. The van der Waals surface area contributed by atoms with Crippen molar-refractivity contribution in [2.45, 2.75) is 53.2 Å². The van der Waals surface area contributed by atoms with E-state index in [9.17, 15) is 14.0 Å². The molecule has 0 aliphatic carbocycles. The van der Waals surface area contributed by atoms with Gasteiger partial charge in [0.2, 0.25) is 5.91 Å². The molecule has 0 aliphatic heterocycles. The Kier molecular flexibility index (Phi) is 8.24. The maximum absolute atomic E-state index is 14.2. The van der Waals surface area contributed by atoms with E-state index in [0.29, 0.717) is 16.3 Å². The maximum atomic E-state index is 14.2. The van der Waals surface area contributed by atoms with Crippen molar-refractivity contribution < 1.29 is 18.7 Å². The van der Waals surface area contributed by atoms with E-state index in [2.05, 4.69) is 5.32 Å². The summed E-state index contributed by atoms with van der Waals surface area (Å²) in [7, 11) is 0. The van der Waals surface area contributed by atoms with E-state index >= 15 is 0 Å². The minimum Gasteiger partial charge on any atom is -0.484 e. The van der Waals surface area contributed by atoms with Crippen LogP contribution in [0.15, 0.2) is 36.4 Å². The Morgan fingerprint density at radius 1 is 1.13 bits per heavy atom. The fourth-order valence-corrected chi connectivity index (χ4v) is 3.12. The molecular weight excluding hydrogens is 407 g/mol. The van der Waals surface area contributed by atoms with Crippen LogP contribution in [0.4, 0.5) is 4.39 Å². The molecular formula is C23H28ClFN2O3. The predicted octanol–water partition coefficient (Wildman–Crippen LogP) is 4.42. The summed E-state index contributed by atoms with van der Waals surface area (Å²) in [6.07, 6.45) is 0. The van der Waals surface area contributed by atoms with Crippen molar-refractivity contribution in [3.05, 3.63) is 63.9 Å². The Balaban J connectivity index is 2.21. The van der Waals surface area contributed by atoms with Crippen LogP contribution in [0.1, 0.15) is 37.5 Å². The lowest BCUT2D eigenvalue weighted by Gasteiger charge is -2.29. The number of nitrogens with one attached hydrogen (secondary N) is 1. The molecule has 30 heavy (non-hydrogen) atoms. The number of benzene rings is 2. The van der Waals surface area contributed by atoms with Crippen LogP contribution < -0.4 is 10.1 Å². The lowest BCUT2D eigenvalue weighted by Crippen LogP contribution is -2.50. The number of aryl methyl sites for hydroxylation is 2. The second-order valence-corrected chi connectivity index (χ2v) is 7.99. The summed E-state index contributed by atoms with van der Waals surface area (Å²) in [5.41, 5.74) is 2.01. The molecule has 0 fully saturated rings. The molecule has 2 rings (SSSR count). The van der Waals surface area contributed by atoms with Crippen molar-refractivity contribution in [1.82, 2.24) is 10.2 Å². The lowest BCUT2D eigenvalue weighted by molar-refractivity contribution is -0.142. The average molecular weight is 435 g/mol. The summed E-state index contributed by atoms with van der Waals surface area (Å²) in [6.45, 7) is 8.67. The van der Waals surface area contributed by atoms with Gasteiger partial charge in [0.1, 0.15) is 17.6 Å². The van der Waals surface area contributed by atoms with Gasteiger partial charge in [0.15, 0.2) is 6.61 Å². The topological polar surface area (TPSA) is 58.6 Å². The number of nitrogens with zero attached hydrogens (tertiary/aromatic N) is 1. The molecule has 0 heterocycles. The fourth-order valence-electron chi connectivity index (χ4n) is 3.02. The maximum Gasteiger partial charge on any atom is 0.261 e. The predicted molar refractivity (Wildman–Crippen MR) is 116 cm³/mol. The molecule has 5 nitrogen and oxygen atoms in total. The number of carbonyl (C=O) groups is 2. The first kappa shape index (κ1) is 23.7. The molecule has 162 valence electrons. The molecule has 0 saturated heterocycles. The van der Waals surface area contributed by atoms with Gasteiger partial charge in [-0.3, -0.25) is 9.59 Å². The third-order valence-corrected chi connectivity index (χ3v) is 5.27. The molecule has 0 aliphatic rings. The molecule has 0 saturated carbocycles. The fraction of sp³-hybridized carbons (Fsp3) is 0.391. The molecule has 2 aromatic rings. The first-order valence-electron chi connectivity index (χ1n) is 9.83. The third kappa shape index (κ3) is 6.20. The van der Waals surface area contributed by atoms with E-state index in [-0.39, 0.29) is 25.1 Å². The van der Waals surface area contributed by atoms with Crippen LogP contribution in [0.25, 0.3) is 0 Å². The number of carbonyl (C=O) groups excluding carboxylic acids is 2. The van der Waals surface area contributed by atoms with Gasteiger partial charge in [0, 0.05) is 23.2 Å². The largest absolute Gasteiger partial charge is 0.484 e. The van der Waals surface area contributed by atoms with Crippen molar-refractivity contribution in [3.8, 4) is 5.75 Å². The van der Waals surface area contributed by atoms with Crippen molar-refractivity contribution in [2.75, 3.05) is 6.61 Å². The molecule has 2 aromatic carbocycles. The highest BCUT2D eigenvalue weighted by molar-refractivity contribution is 6.32. The van der Waals surface area contributed by atoms with Crippen LogP contribution in [-0.4, -0.2) is 35.4 Å². The quantitative estimate of drug-likeness (QED) is 0.669. The summed E-state index contributed by atoms with van der Waals surface area (Å²) in [5.74, 6) is -0.660. The number of halogens is 2. The summed E-state index contributed by atoms with van der Waals surface area (Å²) in [5, 5.41) is 3.44. The van der Waals surface area contributed by atoms with Gasteiger partial charge in [-0.25, -0.2) is 4.39 Å². The zero-order valence-corrected chi connectivity index (χ0v) is 18.7. The number of ether oxygens (including phenoxy) is 1. The smallest absolute Gasteiger partial charge is 0.261 e. The van der Waals surface area contributed by atoms with Gasteiger partial charge >= 0.3 is 0 Å². The molecule has 0 spiro atoms. The van der Waals surface area contributed by atoms with Gasteiger partial charge in [-0.1, -0.05) is 29.8 Å². The van der Waals surface area contributed by atoms with E-state index in [1.54, 1.807) is 37.3 Å². The van der Waals surface area contributed by atoms with Crippen LogP contribution in [0.2, 0.25) is 5.02 Å². The average Bonchev–Trinajstić information content (AvgIpc) is 2.68. The molecule has 7 heteroatoms. The van der Waals surface area contributed by atoms with Gasteiger partial charge in [-0.05, 0) is 63.9 Å². The highest BCUT2D eigenvalue weighted by Gasteiger charge is 2.27. The monoisotopic (exact) mass is 434 g/mol. The molecule has 0 bridgehead atoms. The molecule has 0 unspecified atom stereocenters. The van der Waals surface area contributed by atoms with E-state index < -0.39 is 17.8 Å². The summed E-state index contributed by atoms with van der Waals surface area (Å²) in [4.78, 5) is 26.8. The van der Waals surface area contributed by atoms with Crippen molar-refractivity contribution in [2.24, 2.45) is 0 Å². The van der Waals surface area contributed by atoms with E-state index in [1.807, 2.05) is 27.7 Å². The van der Waals surface area contributed by atoms with Gasteiger partial charge in [0.25, 0.3) is 5.91 Å². The lowest BCUT2D eigenvalue weighted by atomic mass is 10.1. The standard InChI is InChI=1S/C23H28ClFN2O3/c1-14(2)26-23(29)17(5)27(12-18-8-6-7-9-20(18)25)21(28)13-30-19-10-15(3)22(24)16(4)11-19/h6-11,14,17H,12-13H2,1-5H3,(H,26,29)/t17-/m1/s1. The molecule has 1 atom stereocenters. The van der Waals surface area contributed by atoms with Crippen molar-refractivity contribution in [3.63, 3.8) is 0 Å². The minimum absolute atomic E-state index is 0.0414. The normalized spacial score (nSPS) is 11.9.